The van der Waals surface area contributed by atoms with Crippen molar-refractivity contribution in [1.29, 1.82) is 0 Å². The van der Waals surface area contributed by atoms with Gasteiger partial charge >= 0.3 is 0 Å². The van der Waals surface area contributed by atoms with E-state index in [1.807, 2.05) is 6.07 Å². The van der Waals surface area contributed by atoms with Crippen LogP contribution in [-0.4, -0.2) is 29.2 Å². The van der Waals surface area contributed by atoms with Gasteiger partial charge in [-0.3, -0.25) is 4.90 Å². The lowest BCUT2D eigenvalue weighted by molar-refractivity contribution is 0.192. The van der Waals surface area contributed by atoms with E-state index in [9.17, 15) is 4.39 Å². The van der Waals surface area contributed by atoms with Crippen molar-refractivity contribution in [2.45, 2.75) is 52.6 Å². The number of unbranched alkanes of at least 4 members (excludes halogenated alkanes) is 1. The van der Waals surface area contributed by atoms with Crippen molar-refractivity contribution >= 4 is 0 Å². The van der Waals surface area contributed by atoms with Gasteiger partial charge in [0.2, 0.25) is 0 Å². The lowest BCUT2D eigenvalue weighted by Crippen LogP contribution is -2.33. The molecule has 0 heterocycles. The summed E-state index contributed by atoms with van der Waals surface area (Å²) in [6.07, 6.45) is 3.39. The summed E-state index contributed by atoms with van der Waals surface area (Å²) >= 11 is 0. The van der Waals surface area contributed by atoms with E-state index in [4.69, 9.17) is 5.11 Å². The van der Waals surface area contributed by atoms with Crippen LogP contribution in [-0.2, 0) is 6.54 Å². The Hall–Kier alpha value is -1.37. The molecule has 1 aromatic rings. The molecule has 0 bridgehead atoms. The minimum Gasteiger partial charge on any atom is -0.384 e. The normalized spacial score (nSPS) is 12.1. The fraction of sp³-hybridized carbons (Fsp3) is 0.556. The molecule has 0 radical (unpaired) electrons. The molecule has 1 unspecified atom stereocenters. The molecule has 1 aromatic carbocycles. The van der Waals surface area contributed by atoms with Gasteiger partial charge in [0.15, 0.2) is 0 Å². The van der Waals surface area contributed by atoms with Crippen LogP contribution >= 0.6 is 0 Å². The highest BCUT2D eigenvalue weighted by Crippen LogP contribution is 2.15. The summed E-state index contributed by atoms with van der Waals surface area (Å²) in [5.41, 5.74) is 1.56. The summed E-state index contributed by atoms with van der Waals surface area (Å²) in [4.78, 5) is 2.39. The number of hydrogen-bond acceptors (Lipinski definition) is 2. The van der Waals surface area contributed by atoms with Gasteiger partial charge in [-0.2, -0.15) is 0 Å². The quantitative estimate of drug-likeness (QED) is 0.776. The van der Waals surface area contributed by atoms with Crippen molar-refractivity contribution in [1.82, 2.24) is 4.90 Å². The molecule has 21 heavy (non-hydrogen) atoms. The topological polar surface area (TPSA) is 23.5 Å². The highest BCUT2D eigenvalue weighted by molar-refractivity contribution is 5.37. The first-order chi connectivity index (χ1) is 10.1. The predicted molar refractivity (Wildman–Crippen MR) is 85.4 cm³/mol. The fourth-order valence-corrected chi connectivity index (χ4v) is 2.26. The molecule has 1 rings (SSSR count). The smallest absolute Gasteiger partial charge is 0.124 e. The second-order valence-electron chi connectivity index (χ2n) is 5.39. The molecule has 0 aliphatic heterocycles. The molecule has 0 aliphatic rings. The molecular formula is C18H26FNO. The SMILES string of the molecule is CCCCN(Cc1cc(F)cc(C#CCO)c1)C(C)CC. The molecule has 0 saturated carbocycles. The molecule has 1 atom stereocenters. The molecule has 1 N–H and O–H groups in total. The Morgan fingerprint density at radius 2 is 2.05 bits per heavy atom. The Kier molecular flexibility index (Phi) is 8.04. The number of rotatable bonds is 7. The molecule has 116 valence electrons. The summed E-state index contributed by atoms with van der Waals surface area (Å²) in [5.74, 6) is 5.07. The standard InChI is InChI=1S/C18H26FNO/c1-4-6-9-20(15(3)5-2)14-17-11-16(8-7-10-21)12-18(19)13-17/h11-13,15,21H,4-6,9-10,14H2,1-3H3. The van der Waals surface area contributed by atoms with Crippen molar-refractivity contribution in [3.8, 4) is 11.8 Å². The molecular weight excluding hydrogens is 265 g/mol. The molecule has 0 amide bonds. The Balaban J connectivity index is 2.89. The third kappa shape index (κ3) is 6.29. The van der Waals surface area contributed by atoms with Crippen molar-refractivity contribution in [3.05, 3.63) is 35.1 Å². The van der Waals surface area contributed by atoms with Gasteiger partial charge in [0.1, 0.15) is 12.4 Å². The Morgan fingerprint density at radius 3 is 2.67 bits per heavy atom. The molecule has 2 nitrogen and oxygen atoms in total. The zero-order valence-corrected chi connectivity index (χ0v) is 13.3. The zero-order chi connectivity index (χ0) is 15.7. The van der Waals surface area contributed by atoms with Crippen LogP contribution in [0, 0.1) is 17.7 Å². The average Bonchev–Trinajstić information content (AvgIpc) is 2.48. The van der Waals surface area contributed by atoms with Gasteiger partial charge in [0.25, 0.3) is 0 Å². The monoisotopic (exact) mass is 291 g/mol. The summed E-state index contributed by atoms with van der Waals surface area (Å²) in [5, 5.41) is 8.74. The molecule has 0 saturated heterocycles. The van der Waals surface area contributed by atoms with E-state index in [1.54, 1.807) is 6.07 Å². The van der Waals surface area contributed by atoms with E-state index in [2.05, 4.69) is 37.5 Å². The summed E-state index contributed by atoms with van der Waals surface area (Å²) < 4.78 is 13.7. The van der Waals surface area contributed by atoms with Gasteiger partial charge in [-0.25, -0.2) is 4.39 Å². The van der Waals surface area contributed by atoms with Crippen molar-refractivity contribution in [2.24, 2.45) is 0 Å². The van der Waals surface area contributed by atoms with Crippen LogP contribution in [0.1, 0.15) is 51.2 Å². The first kappa shape index (κ1) is 17.7. The Bertz CT molecular complexity index is 490. The van der Waals surface area contributed by atoms with Crippen LogP contribution < -0.4 is 0 Å². The fourth-order valence-electron chi connectivity index (χ4n) is 2.26. The summed E-state index contributed by atoms with van der Waals surface area (Å²) in [7, 11) is 0. The number of benzene rings is 1. The second-order valence-corrected chi connectivity index (χ2v) is 5.39. The molecule has 0 aliphatic carbocycles. The predicted octanol–water partition coefficient (Wildman–Crippen LogP) is 3.57. The molecule has 3 heteroatoms. The molecule has 0 fully saturated rings. The van der Waals surface area contributed by atoms with Gasteiger partial charge in [0.05, 0.1) is 0 Å². The maximum Gasteiger partial charge on any atom is 0.124 e. The van der Waals surface area contributed by atoms with Crippen LogP contribution in [0.15, 0.2) is 18.2 Å². The van der Waals surface area contributed by atoms with Gasteiger partial charge < -0.3 is 5.11 Å². The number of aliphatic hydroxyl groups is 1. The zero-order valence-electron chi connectivity index (χ0n) is 13.3. The van der Waals surface area contributed by atoms with E-state index in [1.165, 1.54) is 6.07 Å². The largest absolute Gasteiger partial charge is 0.384 e. The second kappa shape index (κ2) is 9.55. The van der Waals surface area contributed by atoms with Crippen LogP contribution in [0.5, 0.6) is 0 Å². The minimum atomic E-state index is -0.269. The Morgan fingerprint density at radius 1 is 1.29 bits per heavy atom. The van der Waals surface area contributed by atoms with Crippen LogP contribution in [0.25, 0.3) is 0 Å². The number of nitrogens with zero attached hydrogens (tertiary/aromatic N) is 1. The molecule has 0 aromatic heterocycles. The van der Waals surface area contributed by atoms with Crippen LogP contribution in [0.2, 0.25) is 0 Å². The van der Waals surface area contributed by atoms with Crippen LogP contribution in [0.4, 0.5) is 4.39 Å². The number of aliphatic hydroxyl groups excluding tert-OH is 1. The third-order valence-corrected chi connectivity index (χ3v) is 3.67. The van der Waals surface area contributed by atoms with E-state index in [0.29, 0.717) is 11.6 Å². The average molecular weight is 291 g/mol. The van der Waals surface area contributed by atoms with Crippen LogP contribution in [0.3, 0.4) is 0 Å². The number of hydrogen-bond donors (Lipinski definition) is 1. The van der Waals surface area contributed by atoms with E-state index in [-0.39, 0.29) is 12.4 Å². The highest BCUT2D eigenvalue weighted by atomic mass is 19.1. The highest BCUT2D eigenvalue weighted by Gasteiger charge is 2.13. The van der Waals surface area contributed by atoms with Crippen molar-refractivity contribution in [2.75, 3.05) is 13.2 Å². The Labute approximate surface area is 128 Å². The summed E-state index contributed by atoms with van der Waals surface area (Å²) in [6.45, 7) is 8.12. The van der Waals surface area contributed by atoms with E-state index >= 15 is 0 Å². The van der Waals surface area contributed by atoms with Gasteiger partial charge in [-0.15, -0.1) is 0 Å². The maximum absolute atomic E-state index is 13.7. The third-order valence-electron chi connectivity index (χ3n) is 3.67. The van der Waals surface area contributed by atoms with E-state index in [0.717, 1.165) is 37.9 Å². The summed E-state index contributed by atoms with van der Waals surface area (Å²) in [6, 6.07) is 5.37. The maximum atomic E-state index is 13.7. The van der Waals surface area contributed by atoms with Gasteiger partial charge in [0, 0.05) is 18.2 Å². The van der Waals surface area contributed by atoms with Crippen molar-refractivity contribution in [3.63, 3.8) is 0 Å². The lowest BCUT2D eigenvalue weighted by atomic mass is 10.1. The molecule has 0 spiro atoms. The van der Waals surface area contributed by atoms with Gasteiger partial charge in [-0.05, 0) is 50.1 Å². The first-order valence-electron chi connectivity index (χ1n) is 7.73. The van der Waals surface area contributed by atoms with E-state index < -0.39 is 0 Å². The van der Waals surface area contributed by atoms with Crippen molar-refractivity contribution < 1.29 is 9.50 Å². The lowest BCUT2D eigenvalue weighted by Gasteiger charge is -2.28. The number of halogens is 1. The first-order valence-corrected chi connectivity index (χ1v) is 7.73. The minimum absolute atomic E-state index is 0.207. The van der Waals surface area contributed by atoms with Gasteiger partial charge in [-0.1, -0.05) is 32.1 Å².